The molecule has 1 aromatic carbocycles. The lowest BCUT2D eigenvalue weighted by Gasteiger charge is -2.42. The van der Waals surface area contributed by atoms with Crippen molar-refractivity contribution in [3.8, 4) is 0 Å². The first kappa shape index (κ1) is 15.9. The van der Waals surface area contributed by atoms with Gasteiger partial charge in [0.05, 0.1) is 12.6 Å². The number of benzene rings is 1. The van der Waals surface area contributed by atoms with Crippen molar-refractivity contribution in [2.45, 2.75) is 45.3 Å². The Labute approximate surface area is 125 Å². The number of nitrogens with zero attached hydrogens (tertiary/aromatic N) is 1. The summed E-state index contributed by atoms with van der Waals surface area (Å²) < 4.78 is 4.57. The average molecular weight is 292 g/mol. The Hall–Kier alpha value is -1.43. The number of aryl methyl sites for hydroxylation is 1. The second-order valence-corrected chi connectivity index (χ2v) is 6.74. The van der Waals surface area contributed by atoms with Gasteiger partial charge in [-0.25, -0.2) is 4.79 Å². The predicted molar refractivity (Wildman–Crippen MR) is 83.5 cm³/mol. The van der Waals surface area contributed by atoms with Gasteiger partial charge in [0.2, 0.25) is 0 Å². The Balaban J connectivity index is 2.28. The number of para-hydroxylation sites is 1. The summed E-state index contributed by atoms with van der Waals surface area (Å²) in [6.45, 7) is 5.35. The summed E-state index contributed by atoms with van der Waals surface area (Å²) in [5.41, 5.74) is 7.04. The van der Waals surface area contributed by atoms with Crippen LogP contribution < -0.4 is 10.4 Å². The second-order valence-electron chi connectivity index (χ2n) is 6.74. The van der Waals surface area contributed by atoms with Crippen molar-refractivity contribution in [3.05, 3.63) is 35.0 Å². The van der Waals surface area contributed by atoms with Gasteiger partial charge in [0.25, 0.3) is 0 Å². The van der Waals surface area contributed by atoms with Crippen LogP contribution in [-0.4, -0.2) is 30.7 Å². The molecule has 1 aliphatic heterocycles. The van der Waals surface area contributed by atoms with Crippen molar-refractivity contribution in [1.82, 2.24) is 4.65 Å². The van der Waals surface area contributed by atoms with E-state index in [1.807, 2.05) is 18.2 Å². The van der Waals surface area contributed by atoms with Crippen LogP contribution in [0.25, 0.3) is 0 Å². The molecule has 2 unspecified atom stereocenters. The summed E-state index contributed by atoms with van der Waals surface area (Å²) in [6, 6.07) is 7.26. The molecule has 0 aromatic heterocycles. The molecule has 5 heteroatoms. The van der Waals surface area contributed by atoms with E-state index in [-0.39, 0.29) is 19.1 Å². The molecule has 2 N–H and O–H groups in total. The van der Waals surface area contributed by atoms with Crippen LogP contribution in [0.3, 0.4) is 0 Å². The molecule has 2 rings (SSSR count). The van der Waals surface area contributed by atoms with Gasteiger partial charge in [-0.1, -0.05) is 18.2 Å². The highest BCUT2D eigenvalue weighted by atomic mass is 16.6. The molecule has 0 saturated carbocycles. The van der Waals surface area contributed by atoms with Gasteiger partial charge in [-0.3, -0.25) is 0 Å². The summed E-state index contributed by atoms with van der Waals surface area (Å²) in [7, 11) is 0. The third-order valence-corrected chi connectivity index (χ3v) is 3.55. The van der Waals surface area contributed by atoms with Crippen molar-refractivity contribution in [2.24, 2.45) is 5.73 Å². The number of hydroxylamine groups is 2. The number of quaternary nitrogens is 1. The quantitative estimate of drug-likeness (QED) is 0.514. The highest BCUT2D eigenvalue weighted by Crippen LogP contribution is 2.31. The van der Waals surface area contributed by atoms with Crippen LogP contribution in [0.4, 0.5) is 5.69 Å². The lowest BCUT2D eigenvalue weighted by atomic mass is 10.1. The van der Waals surface area contributed by atoms with Crippen molar-refractivity contribution >= 4 is 11.7 Å². The smallest absolute Gasteiger partial charge is 0.363 e. The molecule has 2 atom stereocenters. The molecule has 1 aromatic rings. The van der Waals surface area contributed by atoms with Gasteiger partial charge < -0.3 is 20.3 Å². The van der Waals surface area contributed by atoms with Crippen LogP contribution in [-0.2, 0) is 16.0 Å². The molecule has 0 spiro atoms. The van der Waals surface area contributed by atoms with Crippen LogP contribution >= 0.6 is 0 Å². The van der Waals surface area contributed by atoms with Crippen LogP contribution in [0.2, 0.25) is 0 Å². The first-order valence-corrected chi connectivity index (χ1v) is 7.34. The lowest BCUT2D eigenvalue weighted by Crippen LogP contribution is -2.53. The minimum Gasteiger partial charge on any atom is -0.627 e. The minimum atomic E-state index is -0.730. The standard InChI is InChI=1S/C16H24N2O3/c1-16(2,3)21-15(19)11-18(20)10-13(17)9-8-12-6-4-5-7-14(12)18/h4-7,13H,8-11,17H2,1-3H3. The molecule has 1 aliphatic rings. The predicted octanol–water partition coefficient (Wildman–Crippen LogP) is 2.11. The van der Waals surface area contributed by atoms with E-state index < -0.39 is 16.2 Å². The molecular weight excluding hydrogens is 268 g/mol. The number of carbonyl (C=O) groups excluding carboxylic acids is 1. The zero-order chi connectivity index (χ0) is 15.7. The van der Waals surface area contributed by atoms with E-state index in [0.29, 0.717) is 5.69 Å². The molecule has 0 aliphatic carbocycles. The van der Waals surface area contributed by atoms with Gasteiger partial charge in [0.1, 0.15) is 11.3 Å². The fraction of sp³-hybridized carbons (Fsp3) is 0.562. The molecule has 0 bridgehead atoms. The fourth-order valence-corrected chi connectivity index (χ4v) is 2.76. The topological polar surface area (TPSA) is 75.4 Å². The van der Waals surface area contributed by atoms with Crippen LogP contribution in [0.5, 0.6) is 0 Å². The molecule has 116 valence electrons. The van der Waals surface area contributed by atoms with Gasteiger partial charge in [-0.2, -0.15) is 0 Å². The van der Waals surface area contributed by atoms with Gasteiger partial charge in [-0.15, -0.1) is 0 Å². The van der Waals surface area contributed by atoms with Crippen LogP contribution in [0.15, 0.2) is 24.3 Å². The van der Waals surface area contributed by atoms with E-state index in [4.69, 9.17) is 10.5 Å². The molecular formula is C16H24N2O3. The van der Waals surface area contributed by atoms with Gasteiger partial charge in [0, 0.05) is 5.56 Å². The highest BCUT2D eigenvalue weighted by Gasteiger charge is 2.33. The molecule has 0 amide bonds. The van der Waals surface area contributed by atoms with Gasteiger partial charge in [0.15, 0.2) is 6.54 Å². The van der Waals surface area contributed by atoms with Crippen molar-refractivity contribution < 1.29 is 9.53 Å². The van der Waals surface area contributed by atoms with E-state index in [1.54, 1.807) is 26.8 Å². The van der Waals surface area contributed by atoms with Crippen molar-refractivity contribution in [3.63, 3.8) is 0 Å². The normalized spacial score (nSPS) is 25.9. The molecule has 5 nitrogen and oxygen atoms in total. The maximum absolute atomic E-state index is 13.2. The Bertz CT molecular complexity index is 524. The van der Waals surface area contributed by atoms with Crippen LogP contribution in [0.1, 0.15) is 32.8 Å². The summed E-state index contributed by atoms with van der Waals surface area (Å²) in [4.78, 5) is 12.1. The summed E-state index contributed by atoms with van der Waals surface area (Å²) in [6.07, 6.45) is 1.53. The molecule has 0 fully saturated rings. The van der Waals surface area contributed by atoms with Gasteiger partial charge in [-0.05, 0) is 39.7 Å². The third kappa shape index (κ3) is 4.03. The minimum absolute atomic E-state index is 0.205. The van der Waals surface area contributed by atoms with E-state index in [0.717, 1.165) is 18.4 Å². The maximum atomic E-state index is 13.2. The molecule has 21 heavy (non-hydrogen) atoms. The number of rotatable bonds is 2. The molecule has 0 radical (unpaired) electrons. The van der Waals surface area contributed by atoms with E-state index in [9.17, 15) is 10.0 Å². The Morgan fingerprint density at radius 2 is 2.10 bits per heavy atom. The summed E-state index contributed by atoms with van der Waals surface area (Å²) in [5.74, 6) is -0.485. The highest BCUT2D eigenvalue weighted by molar-refractivity contribution is 5.75. The Morgan fingerprint density at radius 1 is 1.43 bits per heavy atom. The lowest BCUT2D eigenvalue weighted by molar-refractivity contribution is -0.155. The number of hydrogen-bond acceptors (Lipinski definition) is 4. The maximum Gasteiger partial charge on any atom is 0.363 e. The Kier molecular flexibility index (Phi) is 4.37. The Morgan fingerprint density at radius 3 is 2.76 bits per heavy atom. The average Bonchev–Trinajstić information content (AvgIpc) is 2.45. The van der Waals surface area contributed by atoms with Crippen molar-refractivity contribution in [1.29, 1.82) is 0 Å². The van der Waals surface area contributed by atoms with E-state index in [2.05, 4.69) is 0 Å². The fourth-order valence-electron chi connectivity index (χ4n) is 2.76. The third-order valence-electron chi connectivity index (χ3n) is 3.55. The first-order valence-electron chi connectivity index (χ1n) is 7.34. The number of ether oxygens (including phenoxy) is 1. The van der Waals surface area contributed by atoms with Crippen LogP contribution in [0, 0.1) is 5.21 Å². The zero-order valence-electron chi connectivity index (χ0n) is 13.0. The van der Waals surface area contributed by atoms with Crippen molar-refractivity contribution in [2.75, 3.05) is 13.1 Å². The zero-order valence-corrected chi connectivity index (χ0v) is 13.0. The van der Waals surface area contributed by atoms with E-state index >= 15 is 0 Å². The summed E-state index contributed by atoms with van der Waals surface area (Å²) in [5, 5.41) is 13.2. The molecule has 1 heterocycles. The van der Waals surface area contributed by atoms with E-state index in [1.165, 1.54) is 0 Å². The number of esters is 1. The number of fused-ring (bicyclic) bond motifs is 1. The largest absolute Gasteiger partial charge is 0.627 e. The number of carbonyl (C=O) groups is 1. The second kappa shape index (κ2) is 5.75. The summed E-state index contributed by atoms with van der Waals surface area (Å²) >= 11 is 0. The number of nitrogens with two attached hydrogens (primary N) is 1. The van der Waals surface area contributed by atoms with Gasteiger partial charge >= 0.3 is 5.97 Å². The molecule has 0 saturated heterocycles. The number of hydrogen-bond donors (Lipinski definition) is 1. The monoisotopic (exact) mass is 292 g/mol. The SMILES string of the molecule is CC(C)(C)OC(=O)C[N+]1([O-])CC(N)CCc2ccccc21. The first-order chi connectivity index (χ1) is 9.70.